The Labute approximate surface area is 133 Å². The van der Waals surface area contributed by atoms with Gasteiger partial charge in [-0.3, -0.25) is 4.79 Å². The van der Waals surface area contributed by atoms with Crippen molar-refractivity contribution in [2.45, 2.75) is 51.6 Å². The summed E-state index contributed by atoms with van der Waals surface area (Å²) in [6.45, 7) is 8.05. The number of carbonyl (C=O) groups excluding carboxylic acids is 1. The van der Waals surface area contributed by atoms with Crippen LogP contribution in [-0.4, -0.2) is 30.8 Å². The summed E-state index contributed by atoms with van der Waals surface area (Å²) in [5, 5.41) is 10.3. The SMILES string of the molecule is COC(=O)C1(c2ccc(B(O)OC(C)(C)C(C)C)cc2)CC1. The Kier molecular flexibility index (Phi) is 4.69. The van der Waals surface area contributed by atoms with Crippen molar-refractivity contribution >= 4 is 18.6 Å². The van der Waals surface area contributed by atoms with Crippen LogP contribution < -0.4 is 5.46 Å². The average Bonchev–Trinajstić information content (AvgIpc) is 3.27. The van der Waals surface area contributed by atoms with Gasteiger partial charge in [0.25, 0.3) is 0 Å². The van der Waals surface area contributed by atoms with Gasteiger partial charge in [0.1, 0.15) is 0 Å². The first-order valence-corrected chi connectivity index (χ1v) is 7.78. The first-order chi connectivity index (χ1) is 10.2. The van der Waals surface area contributed by atoms with Crippen LogP contribution in [0, 0.1) is 5.92 Å². The second-order valence-corrected chi connectivity index (χ2v) is 6.92. The van der Waals surface area contributed by atoms with E-state index in [-0.39, 0.29) is 11.9 Å². The lowest BCUT2D eigenvalue weighted by Crippen LogP contribution is -2.44. The zero-order valence-corrected chi connectivity index (χ0v) is 14.1. The van der Waals surface area contributed by atoms with Crippen LogP contribution in [-0.2, 0) is 19.6 Å². The van der Waals surface area contributed by atoms with E-state index < -0.39 is 18.1 Å². The van der Waals surface area contributed by atoms with Gasteiger partial charge >= 0.3 is 13.1 Å². The predicted molar refractivity (Wildman–Crippen MR) is 87.0 cm³/mol. The Morgan fingerprint density at radius 3 is 2.23 bits per heavy atom. The predicted octanol–water partition coefficient (Wildman–Crippen LogP) is 2.03. The number of ether oxygens (including phenoxy) is 1. The normalized spacial score (nSPS) is 16.5. The number of methoxy groups -OCH3 is 1. The molecule has 120 valence electrons. The van der Waals surface area contributed by atoms with Crippen LogP contribution >= 0.6 is 0 Å². The Balaban J connectivity index is 2.11. The molecule has 5 heteroatoms. The summed E-state index contributed by atoms with van der Waals surface area (Å²) >= 11 is 0. The second kappa shape index (κ2) is 6.05. The summed E-state index contributed by atoms with van der Waals surface area (Å²) in [6.07, 6.45) is 1.64. The zero-order valence-electron chi connectivity index (χ0n) is 14.1. The minimum Gasteiger partial charge on any atom is -0.468 e. The maximum atomic E-state index is 11.9. The van der Waals surface area contributed by atoms with Gasteiger partial charge in [-0.15, -0.1) is 0 Å². The summed E-state index contributed by atoms with van der Waals surface area (Å²) in [5.74, 6) is 0.105. The van der Waals surface area contributed by atoms with E-state index in [4.69, 9.17) is 9.39 Å². The molecule has 1 saturated carbocycles. The van der Waals surface area contributed by atoms with Crippen molar-refractivity contribution < 1.29 is 19.2 Å². The van der Waals surface area contributed by atoms with Gasteiger partial charge in [0, 0.05) is 0 Å². The maximum Gasteiger partial charge on any atom is 0.491 e. The van der Waals surface area contributed by atoms with Crippen LogP contribution in [0.1, 0.15) is 46.1 Å². The van der Waals surface area contributed by atoms with Crippen LogP contribution in [0.5, 0.6) is 0 Å². The lowest BCUT2D eigenvalue weighted by molar-refractivity contribution is -0.143. The molecule has 0 saturated heterocycles. The highest BCUT2D eigenvalue weighted by Gasteiger charge is 2.52. The third-order valence-electron chi connectivity index (χ3n) is 4.88. The van der Waals surface area contributed by atoms with Crippen LogP contribution in [0.15, 0.2) is 24.3 Å². The van der Waals surface area contributed by atoms with Crippen molar-refractivity contribution in [3.8, 4) is 0 Å². The Bertz CT molecular complexity index is 532. The topological polar surface area (TPSA) is 55.8 Å². The number of carbonyl (C=O) groups is 1. The summed E-state index contributed by atoms with van der Waals surface area (Å²) in [4.78, 5) is 11.9. The van der Waals surface area contributed by atoms with Gasteiger partial charge in [-0.05, 0) is 43.6 Å². The van der Waals surface area contributed by atoms with Crippen molar-refractivity contribution in [2.75, 3.05) is 7.11 Å². The fraction of sp³-hybridized carbons (Fsp3) is 0.588. The van der Waals surface area contributed by atoms with Gasteiger partial charge < -0.3 is 14.4 Å². The molecular weight excluding hydrogens is 279 g/mol. The van der Waals surface area contributed by atoms with Crippen molar-refractivity contribution in [3.05, 3.63) is 29.8 Å². The quantitative estimate of drug-likeness (QED) is 0.645. The molecule has 0 radical (unpaired) electrons. The molecule has 1 aromatic carbocycles. The first kappa shape index (κ1) is 17.0. The Morgan fingerprint density at radius 1 is 1.27 bits per heavy atom. The number of hydrogen-bond acceptors (Lipinski definition) is 4. The molecule has 1 N–H and O–H groups in total. The fourth-order valence-corrected chi connectivity index (χ4v) is 2.39. The van der Waals surface area contributed by atoms with E-state index in [0.717, 1.165) is 18.4 Å². The smallest absolute Gasteiger partial charge is 0.468 e. The monoisotopic (exact) mass is 304 g/mol. The van der Waals surface area contributed by atoms with Crippen LogP contribution in [0.4, 0.5) is 0 Å². The molecule has 0 aromatic heterocycles. The number of hydrogen-bond donors (Lipinski definition) is 1. The van der Waals surface area contributed by atoms with E-state index in [1.54, 1.807) is 0 Å². The van der Waals surface area contributed by atoms with Gasteiger partial charge in [-0.2, -0.15) is 0 Å². The minimum atomic E-state index is -0.972. The summed E-state index contributed by atoms with van der Waals surface area (Å²) in [7, 11) is 0.447. The van der Waals surface area contributed by atoms with Crippen LogP contribution in [0.3, 0.4) is 0 Å². The highest BCUT2D eigenvalue weighted by Crippen LogP contribution is 2.48. The summed E-state index contributed by atoms with van der Waals surface area (Å²) in [5.41, 5.74) is 0.745. The van der Waals surface area contributed by atoms with Crippen LogP contribution in [0.25, 0.3) is 0 Å². The van der Waals surface area contributed by atoms with Crippen LogP contribution in [0.2, 0.25) is 0 Å². The molecule has 0 unspecified atom stereocenters. The highest BCUT2D eigenvalue weighted by atomic mass is 16.5. The van der Waals surface area contributed by atoms with Crippen molar-refractivity contribution in [1.29, 1.82) is 0 Å². The molecule has 22 heavy (non-hydrogen) atoms. The Hall–Kier alpha value is -1.33. The molecule has 1 fully saturated rings. The van der Waals surface area contributed by atoms with Gasteiger partial charge in [-0.25, -0.2) is 0 Å². The van der Waals surface area contributed by atoms with E-state index in [1.165, 1.54) is 7.11 Å². The molecule has 0 atom stereocenters. The molecule has 0 amide bonds. The van der Waals surface area contributed by atoms with Gasteiger partial charge in [0.15, 0.2) is 0 Å². The largest absolute Gasteiger partial charge is 0.491 e. The standard InChI is InChI=1S/C17H25BO4/c1-12(2)16(3,4)22-18(20)14-8-6-13(7-9-14)17(10-11-17)15(19)21-5/h6-9,12,20H,10-11H2,1-5H3. The first-order valence-electron chi connectivity index (χ1n) is 7.78. The van der Waals surface area contributed by atoms with Crippen molar-refractivity contribution in [2.24, 2.45) is 5.92 Å². The number of esters is 1. The van der Waals surface area contributed by atoms with E-state index in [2.05, 4.69) is 13.8 Å². The van der Waals surface area contributed by atoms with E-state index >= 15 is 0 Å². The van der Waals surface area contributed by atoms with Crippen molar-refractivity contribution in [1.82, 2.24) is 0 Å². The van der Waals surface area contributed by atoms with E-state index in [9.17, 15) is 9.82 Å². The third kappa shape index (κ3) is 3.20. The molecule has 0 aliphatic heterocycles. The zero-order chi connectivity index (χ0) is 16.5. The molecule has 1 aliphatic rings. The molecule has 1 aliphatic carbocycles. The average molecular weight is 304 g/mol. The summed E-state index contributed by atoms with van der Waals surface area (Å²) < 4.78 is 10.6. The third-order valence-corrected chi connectivity index (χ3v) is 4.88. The molecule has 0 bridgehead atoms. The number of rotatable bonds is 6. The lowest BCUT2D eigenvalue weighted by atomic mass is 9.76. The van der Waals surface area contributed by atoms with Crippen molar-refractivity contribution in [3.63, 3.8) is 0 Å². The Morgan fingerprint density at radius 2 is 1.82 bits per heavy atom. The second-order valence-electron chi connectivity index (χ2n) is 6.92. The molecule has 0 heterocycles. The van der Waals surface area contributed by atoms with Gasteiger partial charge in [-0.1, -0.05) is 38.1 Å². The van der Waals surface area contributed by atoms with E-state index in [1.807, 2.05) is 38.1 Å². The molecule has 4 nitrogen and oxygen atoms in total. The molecule has 0 spiro atoms. The molecule has 1 aromatic rings. The molecule has 2 rings (SSSR count). The molecular formula is C17H25BO4. The fourth-order valence-electron chi connectivity index (χ4n) is 2.39. The summed E-state index contributed by atoms with van der Waals surface area (Å²) in [6, 6.07) is 7.40. The highest BCUT2D eigenvalue weighted by molar-refractivity contribution is 6.60. The lowest BCUT2D eigenvalue weighted by Gasteiger charge is -2.31. The van der Waals surface area contributed by atoms with Gasteiger partial charge in [0.05, 0.1) is 18.1 Å². The number of benzene rings is 1. The van der Waals surface area contributed by atoms with E-state index in [0.29, 0.717) is 5.46 Å². The minimum absolute atomic E-state index is 0.182. The van der Waals surface area contributed by atoms with Gasteiger partial charge in [0.2, 0.25) is 0 Å². The maximum absolute atomic E-state index is 11.9.